The number of esters is 1. The third-order valence-corrected chi connectivity index (χ3v) is 3.39. The van der Waals surface area contributed by atoms with E-state index in [2.05, 4.69) is 33.0 Å². The number of ether oxygens (including phenoxy) is 1. The Morgan fingerprint density at radius 1 is 1.26 bits per heavy atom. The predicted molar refractivity (Wildman–Crippen MR) is 96.1 cm³/mol. The van der Waals surface area contributed by atoms with E-state index in [1.54, 1.807) is 12.3 Å². The van der Waals surface area contributed by atoms with E-state index in [0.29, 0.717) is 0 Å². The molecule has 2 aromatic rings. The standard InChI is InChI=1S/C19H20BrNO2/c1-19(2,3)23-18(22)7-6-14-9-16(12-17(20)11-14)10-15-5-4-8-21-13-15/h4-9,11-13H,10H2,1-3H3. The van der Waals surface area contributed by atoms with Gasteiger partial charge in [0.2, 0.25) is 0 Å². The van der Waals surface area contributed by atoms with Crippen molar-refractivity contribution in [1.82, 2.24) is 4.98 Å². The van der Waals surface area contributed by atoms with Crippen LogP contribution < -0.4 is 0 Å². The second-order valence-electron chi connectivity index (χ2n) is 6.30. The largest absolute Gasteiger partial charge is 0.457 e. The highest BCUT2D eigenvalue weighted by Crippen LogP contribution is 2.19. The summed E-state index contributed by atoms with van der Waals surface area (Å²) in [5.41, 5.74) is 2.76. The van der Waals surface area contributed by atoms with Crippen LogP contribution in [0.3, 0.4) is 0 Å². The molecule has 120 valence electrons. The summed E-state index contributed by atoms with van der Waals surface area (Å²) in [5.74, 6) is -0.341. The van der Waals surface area contributed by atoms with Crippen LogP contribution in [0.25, 0.3) is 6.08 Å². The first-order valence-corrected chi connectivity index (χ1v) is 8.20. The molecule has 23 heavy (non-hydrogen) atoms. The van der Waals surface area contributed by atoms with Gasteiger partial charge >= 0.3 is 5.97 Å². The van der Waals surface area contributed by atoms with E-state index in [9.17, 15) is 4.79 Å². The minimum Gasteiger partial charge on any atom is -0.457 e. The van der Waals surface area contributed by atoms with Gasteiger partial charge in [-0.3, -0.25) is 4.98 Å². The number of hydrogen-bond acceptors (Lipinski definition) is 3. The molecule has 1 aromatic heterocycles. The van der Waals surface area contributed by atoms with E-state index < -0.39 is 5.60 Å². The van der Waals surface area contributed by atoms with Crippen molar-refractivity contribution in [3.63, 3.8) is 0 Å². The van der Waals surface area contributed by atoms with Gasteiger partial charge in [0.15, 0.2) is 0 Å². The molecule has 0 aliphatic heterocycles. The first-order valence-electron chi connectivity index (χ1n) is 7.41. The first kappa shape index (κ1) is 17.4. The lowest BCUT2D eigenvalue weighted by atomic mass is 10.0. The lowest BCUT2D eigenvalue weighted by molar-refractivity contribution is -0.148. The fourth-order valence-electron chi connectivity index (χ4n) is 2.11. The molecule has 3 nitrogen and oxygen atoms in total. The van der Waals surface area contributed by atoms with Crippen molar-refractivity contribution in [3.05, 3.63) is 70.0 Å². The maximum absolute atomic E-state index is 11.8. The summed E-state index contributed by atoms with van der Waals surface area (Å²) in [6.07, 6.45) is 7.64. The zero-order valence-electron chi connectivity index (χ0n) is 13.5. The summed E-state index contributed by atoms with van der Waals surface area (Å²) < 4.78 is 6.24. The molecule has 1 heterocycles. The lowest BCUT2D eigenvalue weighted by Crippen LogP contribution is -2.22. The summed E-state index contributed by atoms with van der Waals surface area (Å²) in [5, 5.41) is 0. The highest BCUT2D eigenvalue weighted by molar-refractivity contribution is 9.10. The normalized spacial score (nSPS) is 11.7. The van der Waals surface area contributed by atoms with Crippen LogP contribution in [0, 0.1) is 0 Å². The maximum Gasteiger partial charge on any atom is 0.331 e. The number of halogens is 1. The number of pyridine rings is 1. The van der Waals surface area contributed by atoms with E-state index in [1.807, 2.05) is 45.2 Å². The van der Waals surface area contributed by atoms with Crippen LogP contribution in [0.1, 0.15) is 37.5 Å². The van der Waals surface area contributed by atoms with Crippen molar-refractivity contribution < 1.29 is 9.53 Å². The number of hydrogen-bond donors (Lipinski definition) is 0. The van der Waals surface area contributed by atoms with Crippen LogP contribution in [0.5, 0.6) is 0 Å². The van der Waals surface area contributed by atoms with Crippen LogP contribution in [0.2, 0.25) is 0 Å². The molecule has 0 radical (unpaired) electrons. The van der Waals surface area contributed by atoms with Crippen molar-refractivity contribution in [2.24, 2.45) is 0 Å². The molecule has 0 atom stereocenters. The van der Waals surface area contributed by atoms with Gasteiger partial charge < -0.3 is 4.74 Å². The Morgan fingerprint density at radius 2 is 2.04 bits per heavy atom. The van der Waals surface area contributed by atoms with Gasteiger partial charge in [0.25, 0.3) is 0 Å². The van der Waals surface area contributed by atoms with E-state index in [-0.39, 0.29) is 5.97 Å². The average molecular weight is 374 g/mol. The monoisotopic (exact) mass is 373 g/mol. The van der Waals surface area contributed by atoms with Crippen LogP contribution in [0.15, 0.2) is 53.3 Å². The molecule has 0 aliphatic carbocycles. The number of aromatic nitrogens is 1. The summed E-state index contributed by atoms with van der Waals surface area (Å²) in [7, 11) is 0. The Hall–Kier alpha value is -1.94. The summed E-state index contributed by atoms with van der Waals surface area (Å²) >= 11 is 3.52. The molecule has 0 fully saturated rings. The Kier molecular flexibility index (Phi) is 5.72. The molecule has 0 aliphatic rings. The number of rotatable bonds is 4. The van der Waals surface area contributed by atoms with Gasteiger partial charge in [-0.05, 0) is 68.2 Å². The summed E-state index contributed by atoms with van der Waals surface area (Å²) in [6.45, 7) is 5.55. The Labute approximate surface area is 145 Å². The topological polar surface area (TPSA) is 39.2 Å². The van der Waals surface area contributed by atoms with Gasteiger partial charge in [-0.25, -0.2) is 4.79 Å². The second-order valence-corrected chi connectivity index (χ2v) is 7.21. The van der Waals surface area contributed by atoms with Crippen LogP contribution in [-0.2, 0) is 16.0 Å². The predicted octanol–water partition coefficient (Wildman–Crippen LogP) is 4.79. The highest BCUT2D eigenvalue weighted by atomic mass is 79.9. The number of benzene rings is 1. The van der Waals surface area contributed by atoms with Crippen LogP contribution >= 0.6 is 15.9 Å². The van der Waals surface area contributed by atoms with Crippen molar-refractivity contribution in [3.8, 4) is 0 Å². The molecule has 0 spiro atoms. The first-order chi connectivity index (χ1) is 10.8. The van der Waals surface area contributed by atoms with E-state index >= 15 is 0 Å². The summed E-state index contributed by atoms with van der Waals surface area (Å²) in [6, 6.07) is 10.1. The number of carbonyl (C=O) groups excluding carboxylic acids is 1. The molecule has 0 amide bonds. The van der Waals surface area contributed by atoms with E-state index in [4.69, 9.17) is 4.74 Å². The SMILES string of the molecule is CC(C)(C)OC(=O)C=Cc1cc(Br)cc(Cc2cccnc2)c1. The fraction of sp³-hybridized carbons (Fsp3) is 0.263. The molecular weight excluding hydrogens is 354 g/mol. The molecule has 0 saturated heterocycles. The second kappa shape index (κ2) is 7.55. The van der Waals surface area contributed by atoms with Gasteiger partial charge in [-0.1, -0.05) is 28.1 Å². The van der Waals surface area contributed by atoms with Crippen molar-refractivity contribution in [1.29, 1.82) is 0 Å². The van der Waals surface area contributed by atoms with Crippen molar-refractivity contribution >= 4 is 28.0 Å². The lowest BCUT2D eigenvalue weighted by Gasteiger charge is -2.17. The van der Waals surface area contributed by atoms with Gasteiger partial charge in [0, 0.05) is 22.9 Å². The van der Waals surface area contributed by atoms with Crippen LogP contribution in [-0.4, -0.2) is 16.6 Å². The number of nitrogens with zero attached hydrogens (tertiary/aromatic N) is 1. The van der Waals surface area contributed by atoms with Crippen molar-refractivity contribution in [2.75, 3.05) is 0 Å². The zero-order chi connectivity index (χ0) is 16.9. The summed E-state index contributed by atoms with van der Waals surface area (Å²) in [4.78, 5) is 15.9. The molecule has 4 heteroatoms. The Morgan fingerprint density at radius 3 is 2.70 bits per heavy atom. The quantitative estimate of drug-likeness (QED) is 0.571. The molecule has 0 bridgehead atoms. The minimum absolute atomic E-state index is 0.341. The molecule has 0 saturated carbocycles. The molecule has 2 rings (SSSR count). The fourth-order valence-corrected chi connectivity index (χ4v) is 2.67. The van der Waals surface area contributed by atoms with Gasteiger partial charge in [0.05, 0.1) is 0 Å². The molecule has 1 aromatic carbocycles. The van der Waals surface area contributed by atoms with E-state index in [0.717, 1.165) is 27.6 Å². The molecule has 0 unspecified atom stereocenters. The molecular formula is C19H20BrNO2. The van der Waals surface area contributed by atoms with Crippen molar-refractivity contribution in [2.45, 2.75) is 32.8 Å². The minimum atomic E-state index is -0.482. The third kappa shape index (κ3) is 6.37. The highest BCUT2D eigenvalue weighted by Gasteiger charge is 2.13. The molecule has 0 N–H and O–H groups in total. The zero-order valence-corrected chi connectivity index (χ0v) is 15.1. The van der Waals surface area contributed by atoms with Gasteiger partial charge in [0.1, 0.15) is 5.60 Å². The average Bonchev–Trinajstić information content (AvgIpc) is 2.44. The van der Waals surface area contributed by atoms with Crippen LogP contribution in [0.4, 0.5) is 0 Å². The Balaban J connectivity index is 2.12. The van der Waals surface area contributed by atoms with Gasteiger partial charge in [-0.15, -0.1) is 0 Å². The van der Waals surface area contributed by atoms with Gasteiger partial charge in [-0.2, -0.15) is 0 Å². The maximum atomic E-state index is 11.8. The van der Waals surface area contributed by atoms with E-state index in [1.165, 1.54) is 6.08 Å². The smallest absolute Gasteiger partial charge is 0.331 e. The number of carbonyl (C=O) groups is 1. The third-order valence-electron chi connectivity index (χ3n) is 2.93. The Bertz CT molecular complexity index is 703.